The van der Waals surface area contributed by atoms with Gasteiger partial charge in [0.15, 0.2) is 6.04 Å². The van der Waals surface area contributed by atoms with Gasteiger partial charge in [-0.15, -0.1) is 0 Å². The molecule has 204 valence electrons. The van der Waals surface area contributed by atoms with Gasteiger partial charge < -0.3 is 48.5 Å². The number of aliphatic hydroxyl groups is 1. The summed E-state index contributed by atoms with van der Waals surface area (Å²) in [4.78, 5) is 72.1. The number of aliphatic hydroxyl groups excluding tert-OH is 1. The van der Waals surface area contributed by atoms with Crippen LogP contribution in [0.5, 0.6) is 5.75 Å². The molecular weight excluding hydrogens is 492 g/mol. The van der Waals surface area contributed by atoms with Crippen LogP contribution in [0.3, 0.4) is 0 Å². The molecule has 0 saturated carbocycles. The number of hydrogen-bond acceptors (Lipinski definition) is 9. The van der Waals surface area contributed by atoms with E-state index in [0.29, 0.717) is 5.56 Å². The zero-order valence-corrected chi connectivity index (χ0v) is 20.0. The molecule has 1 aromatic rings. The second kappa shape index (κ2) is 14.4. The average molecular weight is 525 g/mol. The molecule has 0 aliphatic heterocycles. The maximum absolute atomic E-state index is 13.1. The molecular formula is C22H32N6O9. The van der Waals surface area contributed by atoms with E-state index in [1.54, 1.807) is 0 Å². The van der Waals surface area contributed by atoms with Gasteiger partial charge in [-0.05, 0) is 31.0 Å². The fourth-order valence-electron chi connectivity index (χ4n) is 3.11. The maximum atomic E-state index is 13.1. The van der Waals surface area contributed by atoms with Crippen LogP contribution in [0, 0.1) is 0 Å². The van der Waals surface area contributed by atoms with E-state index in [0.717, 1.165) is 6.92 Å². The number of phenols is 1. The molecule has 5 amide bonds. The number of carboxylic acid groups (broad SMARTS) is 1. The van der Waals surface area contributed by atoms with Crippen LogP contribution in [0.25, 0.3) is 0 Å². The Balaban J connectivity index is 3.14. The summed E-state index contributed by atoms with van der Waals surface area (Å²) >= 11 is 0. The number of amides is 5. The van der Waals surface area contributed by atoms with Gasteiger partial charge in [-0.1, -0.05) is 12.1 Å². The Bertz CT molecular complexity index is 999. The monoisotopic (exact) mass is 524 g/mol. The summed E-state index contributed by atoms with van der Waals surface area (Å²) in [5, 5.41) is 34.9. The molecule has 37 heavy (non-hydrogen) atoms. The Morgan fingerprint density at radius 2 is 1.41 bits per heavy atom. The zero-order chi connectivity index (χ0) is 28.3. The van der Waals surface area contributed by atoms with E-state index >= 15 is 0 Å². The second-order valence-electron chi connectivity index (χ2n) is 8.34. The van der Waals surface area contributed by atoms with Crippen LogP contribution in [-0.2, 0) is 35.2 Å². The number of carboxylic acids is 1. The first-order valence-corrected chi connectivity index (χ1v) is 11.1. The molecule has 0 heterocycles. The van der Waals surface area contributed by atoms with Crippen molar-refractivity contribution in [3.05, 3.63) is 29.8 Å². The van der Waals surface area contributed by atoms with Gasteiger partial charge in [0.25, 0.3) is 0 Å². The van der Waals surface area contributed by atoms with Crippen LogP contribution in [0.15, 0.2) is 24.3 Å². The third-order valence-corrected chi connectivity index (χ3v) is 5.13. The number of aliphatic carboxylic acids is 1. The Hall–Kier alpha value is -4.24. The lowest BCUT2D eigenvalue weighted by molar-refractivity contribution is -0.145. The van der Waals surface area contributed by atoms with Gasteiger partial charge in [0.05, 0.1) is 18.6 Å². The summed E-state index contributed by atoms with van der Waals surface area (Å²) in [6.45, 7) is 1.12. The fourth-order valence-corrected chi connectivity index (χ4v) is 3.11. The van der Waals surface area contributed by atoms with Crippen LogP contribution < -0.4 is 33.2 Å². The molecule has 0 aliphatic carbocycles. The van der Waals surface area contributed by atoms with Gasteiger partial charge in [-0.3, -0.25) is 24.0 Å². The highest BCUT2D eigenvalue weighted by molar-refractivity contribution is 5.96. The van der Waals surface area contributed by atoms with Gasteiger partial charge in [-0.2, -0.15) is 0 Å². The van der Waals surface area contributed by atoms with Crippen molar-refractivity contribution >= 4 is 35.5 Å². The molecule has 5 unspecified atom stereocenters. The molecule has 5 atom stereocenters. The van der Waals surface area contributed by atoms with Crippen molar-refractivity contribution in [3.8, 4) is 5.75 Å². The molecule has 0 aliphatic rings. The number of rotatable bonds is 15. The number of aromatic hydroxyl groups is 1. The third-order valence-electron chi connectivity index (χ3n) is 5.13. The smallest absolute Gasteiger partial charge is 0.328 e. The first kappa shape index (κ1) is 30.8. The van der Waals surface area contributed by atoms with Crippen LogP contribution in [0.4, 0.5) is 0 Å². The van der Waals surface area contributed by atoms with Gasteiger partial charge in [0, 0.05) is 12.8 Å². The number of carbonyl (C=O) groups excluding carboxylic acids is 5. The Kier molecular flexibility index (Phi) is 11.9. The lowest BCUT2D eigenvalue weighted by Crippen LogP contribution is -2.59. The largest absolute Gasteiger partial charge is 0.508 e. The van der Waals surface area contributed by atoms with Crippen molar-refractivity contribution in [2.45, 2.75) is 62.9 Å². The maximum Gasteiger partial charge on any atom is 0.328 e. The SMILES string of the molecule is CC(O)C(NC(=O)C(CC(N)=O)NC(=O)C(Cc1ccc(O)cc1)NC(=O)C(N)CCC(N)=O)C(=O)O. The summed E-state index contributed by atoms with van der Waals surface area (Å²) in [7, 11) is 0. The highest BCUT2D eigenvalue weighted by Crippen LogP contribution is 2.12. The minimum absolute atomic E-state index is 0.0495. The summed E-state index contributed by atoms with van der Waals surface area (Å²) in [5.41, 5.74) is 16.5. The number of nitrogens with one attached hydrogen (secondary N) is 3. The van der Waals surface area contributed by atoms with Crippen molar-refractivity contribution in [2.75, 3.05) is 0 Å². The van der Waals surface area contributed by atoms with E-state index in [9.17, 15) is 44.1 Å². The molecule has 0 saturated heterocycles. The van der Waals surface area contributed by atoms with E-state index in [1.807, 2.05) is 5.32 Å². The molecule has 0 bridgehead atoms. The minimum atomic E-state index is -1.74. The topological polar surface area (TPSA) is 277 Å². The summed E-state index contributed by atoms with van der Waals surface area (Å²) in [5.74, 6) is -6.17. The molecule has 15 heteroatoms. The van der Waals surface area contributed by atoms with Crippen LogP contribution >= 0.6 is 0 Å². The summed E-state index contributed by atoms with van der Waals surface area (Å²) in [6, 6.07) is -0.303. The predicted molar refractivity (Wildman–Crippen MR) is 127 cm³/mol. The molecule has 0 radical (unpaired) electrons. The van der Waals surface area contributed by atoms with E-state index in [2.05, 4.69) is 10.6 Å². The van der Waals surface area contributed by atoms with Crippen molar-refractivity contribution in [1.82, 2.24) is 16.0 Å². The number of hydrogen-bond donors (Lipinski definition) is 9. The summed E-state index contributed by atoms with van der Waals surface area (Å²) in [6.07, 6.45) is -2.65. The Labute approximate surface area is 211 Å². The van der Waals surface area contributed by atoms with E-state index in [1.165, 1.54) is 24.3 Å². The van der Waals surface area contributed by atoms with Crippen molar-refractivity contribution in [3.63, 3.8) is 0 Å². The predicted octanol–water partition coefficient (Wildman–Crippen LogP) is -3.68. The fraction of sp³-hybridized carbons (Fsp3) is 0.455. The van der Waals surface area contributed by atoms with Gasteiger partial charge in [0.2, 0.25) is 29.5 Å². The van der Waals surface area contributed by atoms with E-state index in [4.69, 9.17) is 17.2 Å². The zero-order valence-electron chi connectivity index (χ0n) is 20.0. The second-order valence-corrected chi connectivity index (χ2v) is 8.34. The van der Waals surface area contributed by atoms with Crippen molar-refractivity contribution in [1.29, 1.82) is 0 Å². The molecule has 12 N–H and O–H groups in total. The summed E-state index contributed by atoms with van der Waals surface area (Å²) < 4.78 is 0. The van der Waals surface area contributed by atoms with Gasteiger partial charge in [0.1, 0.15) is 17.8 Å². The van der Waals surface area contributed by atoms with Gasteiger partial charge >= 0.3 is 5.97 Å². The van der Waals surface area contributed by atoms with E-state index in [-0.39, 0.29) is 25.0 Å². The Morgan fingerprint density at radius 1 is 0.865 bits per heavy atom. The number of phenolic OH excluding ortho intramolecular Hbond substituents is 1. The first-order valence-electron chi connectivity index (χ1n) is 11.1. The number of primary amides is 2. The lowest BCUT2D eigenvalue weighted by Gasteiger charge is -2.25. The highest BCUT2D eigenvalue weighted by atomic mass is 16.4. The van der Waals surface area contributed by atoms with Gasteiger partial charge in [-0.25, -0.2) is 4.79 Å². The molecule has 0 fully saturated rings. The molecule has 1 aromatic carbocycles. The van der Waals surface area contributed by atoms with Crippen molar-refractivity contribution < 1.29 is 44.1 Å². The molecule has 15 nitrogen and oxygen atoms in total. The van der Waals surface area contributed by atoms with E-state index < -0.39 is 72.2 Å². The number of nitrogens with two attached hydrogens (primary N) is 3. The average Bonchev–Trinajstić information content (AvgIpc) is 2.80. The van der Waals surface area contributed by atoms with Crippen LogP contribution in [-0.4, -0.2) is 81.1 Å². The van der Waals surface area contributed by atoms with Crippen LogP contribution in [0.1, 0.15) is 31.7 Å². The molecule has 0 spiro atoms. The number of benzene rings is 1. The highest BCUT2D eigenvalue weighted by Gasteiger charge is 2.32. The molecule has 1 rings (SSSR count). The lowest BCUT2D eigenvalue weighted by atomic mass is 10.0. The normalized spacial score (nSPS) is 14.8. The van der Waals surface area contributed by atoms with Crippen molar-refractivity contribution in [2.24, 2.45) is 17.2 Å². The molecule has 0 aromatic heterocycles. The Morgan fingerprint density at radius 3 is 1.89 bits per heavy atom. The third kappa shape index (κ3) is 10.9. The standard InChI is InChI=1S/C22H32N6O9/c1-10(29)18(22(36)37)28-21(35)15(9-17(25)32)27-20(34)14(8-11-2-4-12(30)5-3-11)26-19(33)13(23)6-7-16(24)31/h2-5,10,13-15,18,29-30H,6-9,23H2,1H3,(H2,24,31)(H2,25,32)(H,26,33)(H,27,34)(H,28,35)(H,36,37). The quantitative estimate of drug-likeness (QED) is 0.108. The minimum Gasteiger partial charge on any atom is -0.508 e. The number of carbonyl (C=O) groups is 6. The van der Waals surface area contributed by atoms with Crippen LogP contribution in [0.2, 0.25) is 0 Å². The first-order chi connectivity index (χ1) is 17.2.